The Balaban J connectivity index is 2.26. The molecule has 0 radical (unpaired) electrons. The molecule has 1 saturated carbocycles. The van der Waals surface area contributed by atoms with Crippen LogP contribution in [0.5, 0.6) is 0 Å². The first kappa shape index (κ1) is 16.7. The molecule has 0 spiro atoms. The molecule has 1 aliphatic carbocycles. The molecule has 0 bridgehead atoms. The Kier molecular flexibility index (Phi) is 5.27. The molecule has 2 rings (SSSR count). The number of anilines is 1. The number of pyridine rings is 1. The minimum absolute atomic E-state index is 0.237. The summed E-state index contributed by atoms with van der Waals surface area (Å²) in [6.45, 7) is 5.45. The molecule has 0 amide bonds. The molecule has 1 heterocycles. The van der Waals surface area contributed by atoms with Crippen molar-refractivity contribution in [3.05, 3.63) is 16.7 Å². The Labute approximate surface area is 135 Å². The van der Waals surface area contributed by atoms with Gasteiger partial charge in [-0.25, -0.2) is 17.7 Å². The maximum Gasteiger partial charge on any atom is 0.246 e. The molecule has 21 heavy (non-hydrogen) atoms. The van der Waals surface area contributed by atoms with Gasteiger partial charge in [0.25, 0.3) is 0 Å². The molecule has 2 unspecified atom stereocenters. The van der Waals surface area contributed by atoms with Crippen molar-refractivity contribution >= 4 is 31.8 Å². The maximum atomic E-state index is 12.8. The average molecular weight is 376 g/mol. The van der Waals surface area contributed by atoms with Crippen molar-refractivity contribution in [1.82, 2.24) is 9.29 Å². The highest BCUT2D eigenvalue weighted by Gasteiger charge is 2.36. The van der Waals surface area contributed by atoms with E-state index in [9.17, 15) is 8.42 Å². The summed E-state index contributed by atoms with van der Waals surface area (Å²) in [5.41, 5.74) is 0. The summed E-state index contributed by atoms with van der Waals surface area (Å²) in [4.78, 5) is 4.45. The van der Waals surface area contributed by atoms with Gasteiger partial charge >= 0.3 is 0 Å². The summed E-state index contributed by atoms with van der Waals surface area (Å²) in [6.07, 6.45) is 3.63. The topological polar surface area (TPSA) is 62.3 Å². The van der Waals surface area contributed by atoms with Crippen molar-refractivity contribution in [1.29, 1.82) is 0 Å². The van der Waals surface area contributed by atoms with Crippen LogP contribution in [0.2, 0.25) is 0 Å². The summed E-state index contributed by atoms with van der Waals surface area (Å²) >= 11 is 3.31. The Morgan fingerprint density at radius 1 is 1.52 bits per heavy atom. The van der Waals surface area contributed by atoms with Crippen LogP contribution in [0.3, 0.4) is 0 Å². The highest BCUT2D eigenvalue weighted by molar-refractivity contribution is 9.10. The molecule has 1 aromatic rings. The van der Waals surface area contributed by atoms with Crippen LogP contribution in [0, 0.1) is 11.8 Å². The van der Waals surface area contributed by atoms with Crippen molar-refractivity contribution in [2.75, 3.05) is 25.5 Å². The zero-order valence-corrected chi connectivity index (χ0v) is 15.0. The Bertz CT molecular complexity index is 606. The molecule has 0 saturated heterocycles. The molecular formula is C14H22BrN3O2S. The Hall–Kier alpha value is -0.660. The van der Waals surface area contributed by atoms with Gasteiger partial charge < -0.3 is 5.32 Å². The third-order valence-corrected chi connectivity index (χ3v) is 6.09. The van der Waals surface area contributed by atoms with Gasteiger partial charge in [-0.15, -0.1) is 0 Å². The second-order valence-corrected chi connectivity index (χ2v) is 8.61. The van der Waals surface area contributed by atoms with Crippen LogP contribution in [0.4, 0.5) is 5.82 Å². The van der Waals surface area contributed by atoms with Crippen molar-refractivity contribution in [2.45, 2.75) is 31.6 Å². The van der Waals surface area contributed by atoms with Gasteiger partial charge in [0.2, 0.25) is 10.0 Å². The number of rotatable bonds is 7. The SMILES string of the molecule is CCCNc1ncc(Br)cc1S(=O)(=O)N(C)CC1CC1C. The highest BCUT2D eigenvalue weighted by Crippen LogP contribution is 2.39. The van der Waals surface area contributed by atoms with E-state index in [1.807, 2.05) is 6.92 Å². The first-order chi connectivity index (χ1) is 9.86. The largest absolute Gasteiger partial charge is 0.369 e. The van der Waals surface area contributed by atoms with Crippen LogP contribution in [-0.4, -0.2) is 37.8 Å². The fraction of sp³-hybridized carbons (Fsp3) is 0.643. The lowest BCUT2D eigenvalue weighted by molar-refractivity contribution is 0.444. The van der Waals surface area contributed by atoms with Crippen LogP contribution in [0.15, 0.2) is 21.6 Å². The summed E-state index contributed by atoms with van der Waals surface area (Å²) in [5, 5.41) is 3.09. The predicted molar refractivity (Wildman–Crippen MR) is 87.8 cm³/mol. The third kappa shape index (κ3) is 3.96. The molecule has 1 N–H and O–H groups in total. The van der Waals surface area contributed by atoms with Gasteiger partial charge in [0.1, 0.15) is 10.7 Å². The zero-order valence-electron chi connectivity index (χ0n) is 12.6. The summed E-state index contributed by atoms with van der Waals surface area (Å²) in [6, 6.07) is 1.62. The number of aromatic nitrogens is 1. The summed E-state index contributed by atoms with van der Waals surface area (Å²) in [5.74, 6) is 1.54. The van der Waals surface area contributed by atoms with Crippen molar-refractivity contribution in [3.63, 3.8) is 0 Å². The van der Waals surface area contributed by atoms with Gasteiger partial charge in [0.15, 0.2) is 0 Å². The lowest BCUT2D eigenvalue weighted by Gasteiger charge is -2.19. The molecule has 1 aromatic heterocycles. The van der Waals surface area contributed by atoms with Crippen LogP contribution in [0.25, 0.3) is 0 Å². The van der Waals surface area contributed by atoms with E-state index in [0.717, 1.165) is 12.8 Å². The maximum absolute atomic E-state index is 12.8. The first-order valence-electron chi connectivity index (χ1n) is 7.22. The smallest absolute Gasteiger partial charge is 0.246 e. The number of halogens is 1. The highest BCUT2D eigenvalue weighted by atomic mass is 79.9. The van der Waals surface area contributed by atoms with Gasteiger partial charge in [-0.2, -0.15) is 0 Å². The minimum Gasteiger partial charge on any atom is -0.369 e. The second kappa shape index (κ2) is 6.62. The average Bonchev–Trinajstić information content (AvgIpc) is 3.12. The van der Waals surface area contributed by atoms with Gasteiger partial charge in [-0.1, -0.05) is 13.8 Å². The molecule has 1 fully saturated rings. The van der Waals surface area contributed by atoms with E-state index in [1.54, 1.807) is 19.3 Å². The standard InChI is InChI=1S/C14H22BrN3O2S/c1-4-5-16-14-13(7-12(15)8-17-14)21(19,20)18(3)9-11-6-10(11)2/h7-8,10-11H,4-6,9H2,1-3H3,(H,16,17). The van der Waals surface area contributed by atoms with Gasteiger partial charge in [-0.05, 0) is 46.7 Å². The number of hydrogen-bond donors (Lipinski definition) is 1. The van der Waals surface area contributed by atoms with Gasteiger partial charge in [-0.3, -0.25) is 0 Å². The zero-order chi connectivity index (χ0) is 15.6. The molecular weight excluding hydrogens is 354 g/mol. The van der Waals surface area contributed by atoms with Crippen LogP contribution < -0.4 is 5.32 Å². The van der Waals surface area contributed by atoms with E-state index in [1.165, 1.54) is 4.31 Å². The van der Waals surface area contributed by atoms with Crippen LogP contribution in [-0.2, 0) is 10.0 Å². The van der Waals surface area contributed by atoms with Crippen molar-refractivity contribution < 1.29 is 8.42 Å². The van der Waals surface area contributed by atoms with E-state index in [2.05, 4.69) is 33.2 Å². The molecule has 0 aliphatic heterocycles. The van der Waals surface area contributed by atoms with E-state index >= 15 is 0 Å². The Morgan fingerprint density at radius 2 is 2.19 bits per heavy atom. The van der Waals surface area contributed by atoms with Crippen LogP contribution in [0.1, 0.15) is 26.7 Å². The first-order valence-corrected chi connectivity index (χ1v) is 9.45. The summed E-state index contributed by atoms with van der Waals surface area (Å²) < 4.78 is 27.6. The van der Waals surface area contributed by atoms with E-state index in [0.29, 0.717) is 35.2 Å². The molecule has 2 atom stereocenters. The van der Waals surface area contributed by atoms with Gasteiger partial charge in [0, 0.05) is 30.8 Å². The lowest BCUT2D eigenvalue weighted by Crippen LogP contribution is -2.30. The fourth-order valence-electron chi connectivity index (χ4n) is 2.24. The van der Waals surface area contributed by atoms with Gasteiger partial charge in [0.05, 0.1) is 0 Å². The van der Waals surface area contributed by atoms with Crippen LogP contribution >= 0.6 is 15.9 Å². The molecule has 118 valence electrons. The van der Waals surface area contributed by atoms with E-state index in [4.69, 9.17) is 0 Å². The van der Waals surface area contributed by atoms with Crippen molar-refractivity contribution in [2.24, 2.45) is 11.8 Å². The number of nitrogens with one attached hydrogen (secondary N) is 1. The fourth-order valence-corrected chi connectivity index (χ4v) is 4.09. The number of sulfonamides is 1. The van der Waals surface area contributed by atoms with Crippen molar-refractivity contribution in [3.8, 4) is 0 Å². The minimum atomic E-state index is -3.52. The van der Waals surface area contributed by atoms with E-state index < -0.39 is 10.0 Å². The number of nitrogens with zero attached hydrogens (tertiary/aromatic N) is 2. The quantitative estimate of drug-likeness (QED) is 0.795. The predicted octanol–water partition coefficient (Wildman–Crippen LogP) is 2.94. The summed E-state index contributed by atoms with van der Waals surface area (Å²) in [7, 11) is -1.88. The third-order valence-electron chi connectivity index (χ3n) is 3.82. The number of hydrogen-bond acceptors (Lipinski definition) is 4. The molecule has 1 aliphatic rings. The monoisotopic (exact) mass is 375 g/mol. The molecule has 5 nitrogen and oxygen atoms in total. The molecule has 7 heteroatoms. The molecule has 0 aromatic carbocycles. The normalized spacial score (nSPS) is 21.6. The lowest BCUT2D eigenvalue weighted by atomic mass is 10.3. The van der Waals surface area contributed by atoms with E-state index in [-0.39, 0.29) is 4.90 Å². The second-order valence-electron chi connectivity index (χ2n) is 5.69. The Morgan fingerprint density at radius 3 is 2.76 bits per heavy atom.